The number of nitrogens with one attached hydrogen (secondary N) is 4. The Morgan fingerprint density at radius 3 is 2.26 bits per heavy atom. The molecule has 0 unspecified atom stereocenters. The topological polar surface area (TPSA) is 190 Å². The van der Waals surface area contributed by atoms with Crippen molar-refractivity contribution >= 4 is 53.0 Å². The number of ether oxygens (including phenoxy) is 1. The number of rotatable bonds is 12. The number of hydrogen-bond donors (Lipinski definition) is 4. The number of carbonyl (C=O) groups excluding carboxylic acids is 7. The molecule has 1 spiro atoms. The third-order valence-electron chi connectivity index (χ3n) is 16.0. The Kier molecular flexibility index (Phi) is 16.9. The second kappa shape index (κ2) is 22.1. The highest BCUT2D eigenvalue weighted by Gasteiger charge is 2.74. The van der Waals surface area contributed by atoms with E-state index in [1.165, 1.54) is 23.9 Å². The minimum atomic E-state index is -4.91. The first-order chi connectivity index (χ1) is 33.8. The van der Waals surface area contributed by atoms with Gasteiger partial charge in [0.25, 0.3) is 0 Å². The van der Waals surface area contributed by atoms with Gasteiger partial charge >= 0.3 is 6.18 Å². The van der Waals surface area contributed by atoms with Crippen LogP contribution in [0.25, 0.3) is 0 Å². The van der Waals surface area contributed by atoms with Crippen molar-refractivity contribution in [3.63, 3.8) is 0 Å². The molecule has 400 valence electrons. The average molecular weight is 1040 g/mol. The number of likely N-dealkylation sites (N-methyl/N-ethyl adjacent to an activating group) is 2. The molecule has 72 heavy (non-hydrogen) atoms. The van der Waals surface area contributed by atoms with E-state index in [0.29, 0.717) is 86.9 Å². The molecule has 3 aliphatic carbocycles. The summed E-state index contributed by atoms with van der Waals surface area (Å²) in [5.74, 6) is -5.89. The predicted molar refractivity (Wildman–Crippen MR) is 259 cm³/mol. The van der Waals surface area contributed by atoms with Crippen molar-refractivity contribution in [3.8, 4) is 0 Å². The minimum absolute atomic E-state index is 0.00511. The van der Waals surface area contributed by atoms with Crippen LogP contribution in [0, 0.1) is 22.7 Å². The average Bonchev–Trinajstić information content (AvgIpc) is 4.05. The Morgan fingerprint density at radius 2 is 1.65 bits per heavy atom. The summed E-state index contributed by atoms with van der Waals surface area (Å²) in [7, 11) is 2.86. The van der Waals surface area contributed by atoms with Gasteiger partial charge in [-0.15, -0.1) is 0 Å². The maximum absolute atomic E-state index is 15.2. The maximum Gasteiger partial charge on any atom is 0.403 e. The van der Waals surface area contributed by atoms with E-state index < -0.39 is 132 Å². The van der Waals surface area contributed by atoms with Crippen LogP contribution in [0.15, 0.2) is 18.2 Å². The van der Waals surface area contributed by atoms with E-state index >= 15 is 4.39 Å². The van der Waals surface area contributed by atoms with Crippen LogP contribution in [0.3, 0.4) is 0 Å². The maximum atomic E-state index is 15.2. The first-order valence-corrected chi connectivity index (χ1v) is 26.1. The molecule has 6 aliphatic rings. The summed E-state index contributed by atoms with van der Waals surface area (Å²) in [5.41, 5.74) is -3.12. The number of benzene rings is 1. The molecule has 3 saturated carbocycles. The Hall–Kier alpha value is -4.56. The van der Waals surface area contributed by atoms with Crippen LogP contribution in [0.4, 0.5) is 17.6 Å². The fourth-order valence-corrected chi connectivity index (χ4v) is 11.6. The van der Waals surface area contributed by atoms with Gasteiger partial charge in [-0.3, -0.25) is 38.5 Å². The molecule has 3 heterocycles. The van der Waals surface area contributed by atoms with Crippen molar-refractivity contribution in [2.45, 2.75) is 166 Å². The molecular weight excluding hydrogens is 964 g/mol. The van der Waals surface area contributed by atoms with Gasteiger partial charge in [-0.2, -0.15) is 13.2 Å². The third kappa shape index (κ3) is 12.2. The van der Waals surface area contributed by atoms with Gasteiger partial charge in [0.15, 0.2) is 0 Å². The Labute approximate surface area is 424 Å². The molecule has 0 bridgehead atoms. The molecule has 16 nitrogen and oxygen atoms in total. The van der Waals surface area contributed by atoms with Crippen LogP contribution < -0.4 is 21.3 Å². The van der Waals surface area contributed by atoms with E-state index in [-0.39, 0.29) is 31.7 Å². The molecule has 3 saturated heterocycles. The fraction of sp³-hybridized carbons (Fsp3) is 0.745. The van der Waals surface area contributed by atoms with Gasteiger partial charge < -0.3 is 40.7 Å². The van der Waals surface area contributed by atoms with Crippen LogP contribution in [0.5, 0.6) is 0 Å². The summed E-state index contributed by atoms with van der Waals surface area (Å²) in [6.45, 7) is 9.38. The molecule has 4 N–H and O–H groups in total. The molecule has 6 atom stereocenters. The largest absolute Gasteiger partial charge is 0.403 e. The van der Waals surface area contributed by atoms with Crippen molar-refractivity contribution < 1.29 is 55.9 Å². The van der Waals surface area contributed by atoms with Crippen LogP contribution in [0.2, 0.25) is 5.02 Å². The zero-order valence-corrected chi connectivity index (χ0v) is 43.2. The number of alkyl halides is 4. The van der Waals surface area contributed by atoms with Gasteiger partial charge in [0, 0.05) is 58.1 Å². The molecule has 21 heteroatoms. The lowest BCUT2D eigenvalue weighted by atomic mass is 9.44. The number of likely N-dealkylation sites (tertiary alicyclic amines) is 1. The summed E-state index contributed by atoms with van der Waals surface area (Å²) < 4.78 is 64.9. The van der Waals surface area contributed by atoms with Gasteiger partial charge in [0.1, 0.15) is 47.3 Å². The molecule has 3 aliphatic heterocycles. The fourth-order valence-electron chi connectivity index (χ4n) is 11.4. The first kappa shape index (κ1) is 55.2. The van der Waals surface area contributed by atoms with Crippen molar-refractivity contribution in [1.82, 2.24) is 40.9 Å². The Morgan fingerprint density at radius 1 is 0.972 bits per heavy atom. The SMILES string of the molecule is CC(C)C[C@@H]1NC(=O)[C@@H](N(C)C(=O)[C@@H](NC(=O)[C@@H]2C[C@@H](F)CN2C(=O)C2(C(F)(F)F)CC3(CCC3)C2)C2CC2)CCCCNC(=O)C(C)(C)NC(=O)[C@H](Cc2cc(Cl)ccc2CN2CCOCC2)N(C)C1=O. The normalized spacial score (nSPS) is 27.8. The lowest BCUT2D eigenvalue weighted by molar-refractivity contribution is -0.285. The van der Waals surface area contributed by atoms with E-state index in [9.17, 15) is 46.7 Å². The predicted octanol–water partition coefficient (Wildman–Crippen LogP) is 4.44. The first-order valence-electron chi connectivity index (χ1n) is 25.7. The highest BCUT2D eigenvalue weighted by Crippen LogP contribution is 2.69. The Balaban J connectivity index is 1.13. The summed E-state index contributed by atoms with van der Waals surface area (Å²) in [4.78, 5) is 106. The van der Waals surface area contributed by atoms with E-state index in [1.54, 1.807) is 26.0 Å². The van der Waals surface area contributed by atoms with Gasteiger partial charge in [-0.05, 0) is 119 Å². The van der Waals surface area contributed by atoms with Crippen molar-refractivity contribution in [3.05, 3.63) is 34.3 Å². The van der Waals surface area contributed by atoms with Crippen LogP contribution in [-0.2, 0) is 51.3 Å². The van der Waals surface area contributed by atoms with Crippen molar-refractivity contribution in [2.75, 3.05) is 53.5 Å². The summed E-state index contributed by atoms with van der Waals surface area (Å²) >= 11 is 6.55. The summed E-state index contributed by atoms with van der Waals surface area (Å²) in [6.07, 6.45) is -4.21. The number of amides is 7. The number of nitrogens with zero attached hydrogens (tertiary/aromatic N) is 4. The zero-order valence-electron chi connectivity index (χ0n) is 42.4. The van der Waals surface area contributed by atoms with Crippen molar-refractivity contribution in [1.29, 1.82) is 0 Å². The second-order valence-electron chi connectivity index (χ2n) is 22.4. The van der Waals surface area contributed by atoms with E-state index in [0.717, 1.165) is 12.0 Å². The molecule has 7 amide bonds. The quantitative estimate of drug-likeness (QED) is 0.220. The molecule has 7 rings (SSSR count). The van der Waals surface area contributed by atoms with Crippen LogP contribution >= 0.6 is 11.6 Å². The van der Waals surface area contributed by atoms with E-state index in [2.05, 4.69) is 26.2 Å². The number of morpholine rings is 1. The minimum Gasteiger partial charge on any atom is -0.379 e. The van der Waals surface area contributed by atoms with Gasteiger partial charge in [-0.25, -0.2) is 4.39 Å². The number of halogens is 5. The lowest BCUT2D eigenvalue weighted by Gasteiger charge is -2.60. The molecule has 1 aromatic carbocycles. The molecule has 0 radical (unpaired) electrons. The number of hydrogen-bond acceptors (Lipinski definition) is 9. The van der Waals surface area contributed by atoms with Gasteiger partial charge in [0.2, 0.25) is 41.4 Å². The monoisotopic (exact) mass is 1040 g/mol. The molecule has 6 fully saturated rings. The highest BCUT2D eigenvalue weighted by molar-refractivity contribution is 6.30. The number of carbonyl (C=O) groups is 7. The molecular formula is C51H73ClF4N8O8. The molecule has 1 aromatic rings. The smallest absolute Gasteiger partial charge is 0.379 e. The van der Waals surface area contributed by atoms with Gasteiger partial charge in [0.05, 0.1) is 19.8 Å². The standard InChI is InChI=1S/C51H73ClF4N8O8/c1-30(2)22-36-44(68)62(6)38(24-33-23-34(52)14-13-32(33)26-63-18-20-72-21-19-63)43(67)60-48(3,4)46(70)57-17-8-7-10-37(41(65)58-36)61(5)45(69)40(31-11-12-31)59-42(66)39-25-35(53)27-64(39)47(71)50(51(54,55)56)28-49(29-50)15-9-16-49/h13-14,23,30-31,35-40H,7-12,15-22,24-29H2,1-6H3,(H,57,70)(H,58,65)(H,59,66)(H,60,67)/t35-,36+,37+,38+,39+,40+/m1/s1. The van der Waals surface area contributed by atoms with Gasteiger partial charge in [-0.1, -0.05) is 37.9 Å². The lowest BCUT2D eigenvalue weighted by Crippen LogP contribution is -2.66. The summed E-state index contributed by atoms with van der Waals surface area (Å²) in [5, 5.41) is 11.7. The van der Waals surface area contributed by atoms with Crippen molar-refractivity contribution in [2.24, 2.45) is 22.7 Å². The zero-order chi connectivity index (χ0) is 52.5. The van der Waals surface area contributed by atoms with Crippen LogP contribution in [-0.4, -0.2) is 163 Å². The Bertz CT molecular complexity index is 2210. The van der Waals surface area contributed by atoms with E-state index in [4.69, 9.17) is 16.3 Å². The molecule has 0 aromatic heterocycles. The second-order valence-corrected chi connectivity index (χ2v) is 22.8. The third-order valence-corrected chi connectivity index (χ3v) is 16.3. The van der Waals surface area contributed by atoms with Crippen LogP contribution in [0.1, 0.15) is 116 Å². The highest BCUT2D eigenvalue weighted by atomic mass is 35.5. The summed E-state index contributed by atoms with van der Waals surface area (Å²) in [6, 6.07) is -1.05. The van der Waals surface area contributed by atoms with E-state index in [1.807, 2.05) is 19.9 Å².